The van der Waals surface area contributed by atoms with Crippen LogP contribution in [0.15, 0.2) is 6.20 Å². The van der Waals surface area contributed by atoms with E-state index in [1.165, 1.54) is 6.20 Å². The minimum Gasteiger partial charge on any atom is -0.506 e. The topological polar surface area (TPSA) is 61.8 Å². The zero-order valence-electron chi connectivity index (χ0n) is 5.92. The Bertz CT molecular complexity index is 393. The second-order valence-corrected chi connectivity index (χ2v) is 2.33. The maximum atomic E-state index is 9.21. The minimum absolute atomic E-state index is 0.176. The van der Waals surface area contributed by atoms with Gasteiger partial charge in [0.2, 0.25) is 0 Å². The lowest BCUT2D eigenvalue weighted by Crippen LogP contribution is -1.80. The van der Waals surface area contributed by atoms with Crippen molar-refractivity contribution in [2.24, 2.45) is 0 Å². The molecule has 2 heterocycles. The number of nitrogens with one attached hydrogen (secondary N) is 1. The zero-order chi connectivity index (χ0) is 7.84. The molecule has 0 saturated carbocycles. The summed E-state index contributed by atoms with van der Waals surface area (Å²) in [5.41, 5.74) is 1.41. The van der Waals surface area contributed by atoms with Crippen molar-refractivity contribution in [2.45, 2.75) is 6.92 Å². The van der Waals surface area contributed by atoms with Crippen LogP contribution in [-0.4, -0.2) is 20.3 Å². The van der Waals surface area contributed by atoms with Crippen LogP contribution in [0.5, 0.6) is 5.75 Å². The predicted molar refractivity (Wildman–Crippen MR) is 39.1 cm³/mol. The number of aryl methyl sites for hydroxylation is 1. The highest BCUT2D eigenvalue weighted by Crippen LogP contribution is 2.21. The Balaban J connectivity index is 2.93. The molecule has 0 spiro atoms. The molecule has 0 aliphatic carbocycles. The Morgan fingerprint density at radius 1 is 1.64 bits per heavy atom. The number of H-pyrrole nitrogens is 1. The van der Waals surface area contributed by atoms with E-state index < -0.39 is 0 Å². The summed E-state index contributed by atoms with van der Waals surface area (Å²) in [6, 6.07) is 0. The third-order valence-electron chi connectivity index (χ3n) is 1.64. The van der Waals surface area contributed by atoms with Crippen molar-refractivity contribution in [1.29, 1.82) is 0 Å². The van der Waals surface area contributed by atoms with Gasteiger partial charge in [0.15, 0.2) is 5.65 Å². The number of fused-ring (bicyclic) bond motifs is 1. The first-order chi connectivity index (χ1) is 5.29. The fraction of sp³-hybridized carbons (Fsp3) is 0.143. The molecule has 0 aliphatic heterocycles. The van der Waals surface area contributed by atoms with Crippen molar-refractivity contribution in [3.8, 4) is 5.75 Å². The van der Waals surface area contributed by atoms with Crippen LogP contribution in [0.2, 0.25) is 0 Å². The first kappa shape index (κ1) is 6.15. The fourth-order valence-electron chi connectivity index (χ4n) is 0.951. The molecule has 4 heteroatoms. The summed E-state index contributed by atoms with van der Waals surface area (Å²) in [4.78, 5) is 3.90. The first-order valence-corrected chi connectivity index (χ1v) is 3.19. The third-order valence-corrected chi connectivity index (χ3v) is 1.64. The maximum absolute atomic E-state index is 9.21. The molecular weight excluding hydrogens is 142 g/mol. The summed E-state index contributed by atoms with van der Waals surface area (Å²) >= 11 is 0. The molecule has 0 unspecified atom stereocenters. The van der Waals surface area contributed by atoms with Crippen molar-refractivity contribution < 1.29 is 5.11 Å². The predicted octanol–water partition coefficient (Wildman–Crippen LogP) is 0.772. The van der Waals surface area contributed by atoms with Crippen LogP contribution in [0, 0.1) is 13.1 Å². The van der Waals surface area contributed by atoms with Gasteiger partial charge < -0.3 is 5.11 Å². The molecule has 0 aromatic carbocycles. The Morgan fingerprint density at radius 3 is 3.27 bits per heavy atom. The van der Waals surface area contributed by atoms with Crippen LogP contribution in [0.1, 0.15) is 5.56 Å². The van der Waals surface area contributed by atoms with Crippen molar-refractivity contribution in [3.05, 3.63) is 18.0 Å². The van der Waals surface area contributed by atoms with Gasteiger partial charge in [0.05, 0.1) is 11.6 Å². The summed E-state index contributed by atoms with van der Waals surface area (Å²) in [6.07, 6.45) is 4.09. The quantitative estimate of drug-likeness (QED) is 0.580. The maximum Gasteiger partial charge on any atom is 0.156 e. The molecule has 2 N–H and O–H groups in total. The number of aromatic hydroxyl groups is 1. The van der Waals surface area contributed by atoms with Gasteiger partial charge in [0.25, 0.3) is 0 Å². The molecule has 0 bridgehead atoms. The van der Waals surface area contributed by atoms with E-state index in [2.05, 4.69) is 21.4 Å². The number of pyridine rings is 1. The summed E-state index contributed by atoms with van der Waals surface area (Å²) in [5, 5.41) is 16.3. The number of aromatic nitrogens is 3. The Kier molecular flexibility index (Phi) is 1.09. The molecule has 0 aliphatic rings. The average Bonchev–Trinajstić information content (AvgIpc) is 2.45. The van der Waals surface area contributed by atoms with Gasteiger partial charge in [-0.25, -0.2) is 4.98 Å². The normalized spacial score (nSPS) is 10.6. The Hall–Kier alpha value is -1.58. The number of nitrogens with zero attached hydrogens (tertiary/aromatic N) is 2. The van der Waals surface area contributed by atoms with Crippen LogP contribution in [-0.2, 0) is 0 Å². The lowest BCUT2D eigenvalue weighted by atomic mass is 10.2. The van der Waals surface area contributed by atoms with Crippen LogP contribution in [0.25, 0.3) is 11.0 Å². The van der Waals surface area contributed by atoms with Gasteiger partial charge in [-0.15, -0.1) is 0 Å². The number of rotatable bonds is 0. The highest BCUT2D eigenvalue weighted by molar-refractivity contribution is 5.78. The van der Waals surface area contributed by atoms with Crippen LogP contribution in [0.3, 0.4) is 0 Å². The van der Waals surface area contributed by atoms with E-state index >= 15 is 0 Å². The second kappa shape index (κ2) is 1.95. The van der Waals surface area contributed by atoms with E-state index in [1.54, 1.807) is 6.92 Å². The lowest BCUT2D eigenvalue weighted by molar-refractivity contribution is 0.470. The van der Waals surface area contributed by atoms with Crippen molar-refractivity contribution in [1.82, 2.24) is 15.2 Å². The summed E-state index contributed by atoms with van der Waals surface area (Å²) < 4.78 is 0. The SMILES string of the molecule is Cc1c(O)cnc2[nH]n[c]c12. The van der Waals surface area contributed by atoms with Crippen molar-refractivity contribution in [3.63, 3.8) is 0 Å². The highest BCUT2D eigenvalue weighted by Gasteiger charge is 2.04. The molecule has 2 rings (SSSR count). The zero-order valence-corrected chi connectivity index (χ0v) is 5.92. The van der Waals surface area contributed by atoms with E-state index in [1.807, 2.05) is 0 Å². The molecule has 11 heavy (non-hydrogen) atoms. The van der Waals surface area contributed by atoms with Gasteiger partial charge in [-0.3, -0.25) is 5.10 Å². The Labute approximate surface area is 62.9 Å². The van der Waals surface area contributed by atoms with E-state index in [4.69, 9.17) is 0 Å². The van der Waals surface area contributed by atoms with Gasteiger partial charge in [-0.1, -0.05) is 0 Å². The summed E-state index contributed by atoms with van der Waals surface area (Å²) in [5.74, 6) is 0.176. The van der Waals surface area contributed by atoms with Gasteiger partial charge >= 0.3 is 0 Å². The van der Waals surface area contributed by atoms with Gasteiger partial charge in [-0.2, -0.15) is 5.10 Å². The Morgan fingerprint density at radius 2 is 2.45 bits per heavy atom. The lowest BCUT2D eigenvalue weighted by Gasteiger charge is -1.95. The van der Waals surface area contributed by atoms with E-state index in [0.29, 0.717) is 5.65 Å². The standard InChI is InChI=1S/C7H6N3O/c1-4-5-2-9-10-7(5)8-3-6(4)11/h3,11H,1H3,(H,8,9,10). The van der Waals surface area contributed by atoms with E-state index in [-0.39, 0.29) is 5.75 Å². The first-order valence-electron chi connectivity index (χ1n) is 3.19. The number of aromatic amines is 1. The van der Waals surface area contributed by atoms with Gasteiger partial charge in [0, 0.05) is 5.56 Å². The molecule has 55 valence electrons. The molecule has 2 aromatic heterocycles. The van der Waals surface area contributed by atoms with Crippen LogP contribution >= 0.6 is 0 Å². The fourth-order valence-corrected chi connectivity index (χ4v) is 0.951. The number of hydrogen-bond donors (Lipinski definition) is 2. The minimum atomic E-state index is 0.176. The molecule has 0 atom stereocenters. The van der Waals surface area contributed by atoms with E-state index in [9.17, 15) is 5.11 Å². The highest BCUT2D eigenvalue weighted by atomic mass is 16.3. The van der Waals surface area contributed by atoms with Gasteiger partial charge in [-0.05, 0) is 6.92 Å². The molecule has 0 amide bonds. The smallest absolute Gasteiger partial charge is 0.156 e. The second-order valence-electron chi connectivity index (χ2n) is 2.33. The molecular formula is C7H6N3O. The third kappa shape index (κ3) is 0.756. The largest absolute Gasteiger partial charge is 0.506 e. The van der Waals surface area contributed by atoms with Gasteiger partial charge in [0.1, 0.15) is 11.9 Å². The van der Waals surface area contributed by atoms with Crippen LogP contribution < -0.4 is 0 Å². The van der Waals surface area contributed by atoms with Crippen molar-refractivity contribution >= 4 is 11.0 Å². The molecule has 1 radical (unpaired) electrons. The van der Waals surface area contributed by atoms with E-state index in [0.717, 1.165) is 10.9 Å². The molecule has 4 nitrogen and oxygen atoms in total. The number of hydrogen-bond acceptors (Lipinski definition) is 3. The van der Waals surface area contributed by atoms with Crippen LogP contribution in [0.4, 0.5) is 0 Å². The monoisotopic (exact) mass is 148 g/mol. The average molecular weight is 148 g/mol. The molecule has 2 aromatic rings. The molecule has 0 saturated heterocycles. The summed E-state index contributed by atoms with van der Waals surface area (Å²) in [7, 11) is 0. The van der Waals surface area contributed by atoms with Crippen molar-refractivity contribution in [2.75, 3.05) is 0 Å². The molecule has 0 fully saturated rings. The summed E-state index contributed by atoms with van der Waals surface area (Å²) in [6.45, 7) is 1.80.